The summed E-state index contributed by atoms with van der Waals surface area (Å²) in [6.45, 7) is 4.38. The number of hydrogen-bond acceptors (Lipinski definition) is 1. The fourth-order valence-corrected chi connectivity index (χ4v) is 1.27. The maximum absolute atomic E-state index is 5.94. The first-order valence-corrected chi connectivity index (χ1v) is 4.05. The Morgan fingerprint density at radius 2 is 2.17 bits per heavy atom. The Morgan fingerprint density at radius 1 is 1.50 bits per heavy atom. The highest BCUT2D eigenvalue weighted by atomic mass is 35.5. The van der Waals surface area contributed by atoms with Gasteiger partial charge in [0, 0.05) is 12.1 Å². The molecular weight excluding hydrogens is 172 g/mol. The van der Waals surface area contributed by atoms with E-state index in [1.807, 2.05) is 24.3 Å². The molecular formula is C10H11ClO. The van der Waals surface area contributed by atoms with Crippen LogP contribution in [0.2, 0.25) is 5.02 Å². The molecule has 64 valence electrons. The standard InChI is InChI=1S/C10H11ClO/c1-8(7-12-2)9-5-3-4-6-10(9)11/h3-6H,1,7H2,2H3. The molecule has 0 spiro atoms. The molecule has 0 unspecified atom stereocenters. The zero-order valence-corrected chi connectivity index (χ0v) is 7.77. The van der Waals surface area contributed by atoms with Gasteiger partial charge >= 0.3 is 0 Å². The molecule has 0 aliphatic heterocycles. The van der Waals surface area contributed by atoms with Gasteiger partial charge in [0.1, 0.15) is 0 Å². The van der Waals surface area contributed by atoms with Crippen molar-refractivity contribution >= 4 is 17.2 Å². The minimum Gasteiger partial charge on any atom is -0.380 e. The van der Waals surface area contributed by atoms with Crippen LogP contribution in [0.15, 0.2) is 30.8 Å². The van der Waals surface area contributed by atoms with Crippen molar-refractivity contribution < 1.29 is 4.74 Å². The van der Waals surface area contributed by atoms with E-state index in [9.17, 15) is 0 Å². The van der Waals surface area contributed by atoms with Crippen LogP contribution in [0.25, 0.3) is 5.57 Å². The summed E-state index contributed by atoms with van der Waals surface area (Å²) in [5.74, 6) is 0. The molecule has 12 heavy (non-hydrogen) atoms. The Balaban J connectivity index is 2.87. The lowest BCUT2D eigenvalue weighted by Crippen LogP contribution is -1.92. The van der Waals surface area contributed by atoms with Crippen LogP contribution >= 0.6 is 11.6 Å². The lowest BCUT2D eigenvalue weighted by atomic mass is 10.1. The summed E-state index contributed by atoms with van der Waals surface area (Å²) >= 11 is 5.94. The van der Waals surface area contributed by atoms with Crippen molar-refractivity contribution in [3.05, 3.63) is 41.4 Å². The van der Waals surface area contributed by atoms with Crippen molar-refractivity contribution in [3.63, 3.8) is 0 Å². The molecule has 0 bridgehead atoms. The maximum atomic E-state index is 5.94. The van der Waals surface area contributed by atoms with Crippen LogP contribution < -0.4 is 0 Å². The van der Waals surface area contributed by atoms with Gasteiger partial charge in [0.15, 0.2) is 0 Å². The van der Waals surface area contributed by atoms with Crippen LogP contribution in [0.3, 0.4) is 0 Å². The second kappa shape index (κ2) is 4.29. The topological polar surface area (TPSA) is 9.23 Å². The molecule has 1 rings (SSSR count). The minimum atomic E-state index is 0.518. The number of methoxy groups -OCH3 is 1. The molecule has 0 fully saturated rings. The third-order valence-corrected chi connectivity index (χ3v) is 1.90. The van der Waals surface area contributed by atoms with Crippen LogP contribution in [0.4, 0.5) is 0 Å². The zero-order valence-electron chi connectivity index (χ0n) is 7.01. The number of benzene rings is 1. The first kappa shape index (κ1) is 9.30. The molecule has 1 aromatic rings. The molecule has 0 heterocycles. The highest BCUT2D eigenvalue weighted by molar-refractivity contribution is 6.32. The van der Waals surface area contributed by atoms with Gasteiger partial charge in [0.25, 0.3) is 0 Å². The number of rotatable bonds is 3. The summed E-state index contributed by atoms with van der Waals surface area (Å²) < 4.78 is 4.95. The molecule has 0 N–H and O–H groups in total. The van der Waals surface area contributed by atoms with Crippen molar-refractivity contribution in [2.24, 2.45) is 0 Å². The summed E-state index contributed by atoms with van der Waals surface area (Å²) in [5, 5.41) is 0.722. The van der Waals surface area contributed by atoms with E-state index < -0.39 is 0 Å². The maximum Gasteiger partial charge on any atom is 0.0713 e. The van der Waals surface area contributed by atoms with Crippen LogP contribution in [0.5, 0.6) is 0 Å². The predicted molar refractivity (Wildman–Crippen MR) is 52.4 cm³/mol. The van der Waals surface area contributed by atoms with Gasteiger partial charge in [-0.25, -0.2) is 0 Å². The van der Waals surface area contributed by atoms with Gasteiger partial charge in [0.05, 0.1) is 6.61 Å². The Labute approximate surface area is 77.6 Å². The summed E-state index contributed by atoms with van der Waals surface area (Å²) in [4.78, 5) is 0. The number of ether oxygens (including phenoxy) is 1. The Bertz CT molecular complexity index is 281. The molecule has 0 atom stereocenters. The first-order valence-electron chi connectivity index (χ1n) is 3.67. The summed E-state index contributed by atoms with van der Waals surface area (Å²) in [5.41, 5.74) is 1.86. The summed E-state index contributed by atoms with van der Waals surface area (Å²) in [7, 11) is 1.64. The largest absolute Gasteiger partial charge is 0.380 e. The van der Waals surface area contributed by atoms with E-state index in [1.165, 1.54) is 0 Å². The Kier molecular flexibility index (Phi) is 3.32. The van der Waals surface area contributed by atoms with Crippen LogP contribution in [0.1, 0.15) is 5.56 Å². The highest BCUT2D eigenvalue weighted by Gasteiger charge is 2.01. The Morgan fingerprint density at radius 3 is 2.75 bits per heavy atom. The first-order chi connectivity index (χ1) is 5.75. The smallest absolute Gasteiger partial charge is 0.0713 e. The molecule has 0 aromatic heterocycles. The molecule has 1 aromatic carbocycles. The van der Waals surface area contributed by atoms with E-state index in [0.29, 0.717) is 6.61 Å². The van der Waals surface area contributed by atoms with Gasteiger partial charge < -0.3 is 4.74 Å². The zero-order chi connectivity index (χ0) is 8.97. The van der Waals surface area contributed by atoms with Gasteiger partial charge in [-0.2, -0.15) is 0 Å². The third kappa shape index (κ3) is 2.10. The van der Waals surface area contributed by atoms with E-state index in [0.717, 1.165) is 16.2 Å². The Hall–Kier alpha value is -0.790. The van der Waals surface area contributed by atoms with Crippen molar-refractivity contribution in [1.82, 2.24) is 0 Å². The quantitative estimate of drug-likeness (QED) is 0.699. The molecule has 2 heteroatoms. The van der Waals surface area contributed by atoms with Gasteiger partial charge in [-0.3, -0.25) is 0 Å². The number of hydrogen-bond donors (Lipinski definition) is 0. The van der Waals surface area contributed by atoms with E-state index in [-0.39, 0.29) is 0 Å². The van der Waals surface area contributed by atoms with E-state index in [2.05, 4.69) is 6.58 Å². The molecule has 0 aliphatic rings. The average Bonchev–Trinajstić information content (AvgIpc) is 2.05. The minimum absolute atomic E-state index is 0.518. The fraction of sp³-hybridized carbons (Fsp3) is 0.200. The van der Waals surface area contributed by atoms with E-state index >= 15 is 0 Å². The fourth-order valence-electron chi connectivity index (χ4n) is 1.000. The van der Waals surface area contributed by atoms with Crippen molar-refractivity contribution in [2.75, 3.05) is 13.7 Å². The normalized spacial score (nSPS) is 9.83. The lowest BCUT2D eigenvalue weighted by Gasteiger charge is -2.05. The predicted octanol–water partition coefficient (Wildman–Crippen LogP) is 3.00. The lowest BCUT2D eigenvalue weighted by molar-refractivity contribution is 0.240. The molecule has 0 aliphatic carbocycles. The van der Waals surface area contributed by atoms with E-state index in [4.69, 9.17) is 16.3 Å². The van der Waals surface area contributed by atoms with Crippen LogP contribution in [-0.2, 0) is 4.74 Å². The van der Waals surface area contributed by atoms with E-state index in [1.54, 1.807) is 7.11 Å². The molecule has 0 saturated carbocycles. The third-order valence-electron chi connectivity index (χ3n) is 1.57. The molecule has 0 amide bonds. The SMILES string of the molecule is C=C(COC)c1ccccc1Cl. The summed E-state index contributed by atoms with van der Waals surface area (Å²) in [6, 6.07) is 7.61. The monoisotopic (exact) mass is 182 g/mol. The van der Waals surface area contributed by atoms with Crippen LogP contribution in [-0.4, -0.2) is 13.7 Å². The highest BCUT2D eigenvalue weighted by Crippen LogP contribution is 2.21. The van der Waals surface area contributed by atoms with Gasteiger partial charge in [-0.05, 0) is 17.2 Å². The summed E-state index contributed by atoms with van der Waals surface area (Å²) in [6.07, 6.45) is 0. The molecule has 1 nitrogen and oxygen atoms in total. The van der Waals surface area contributed by atoms with Crippen molar-refractivity contribution in [1.29, 1.82) is 0 Å². The van der Waals surface area contributed by atoms with Gasteiger partial charge in [0.2, 0.25) is 0 Å². The molecule has 0 saturated heterocycles. The number of halogens is 1. The second-order valence-corrected chi connectivity index (χ2v) is 2.92. The van der Waals surface area contributed by atoms with Gasteiger partial charge in [-0.15, -0.1) is 0 Å². The van der Waals surface area contributed by atoms with Crippen LogP contribution in [0, 0.1) is 0 Å². The second-order valence-electron chi connectivity index (χ2n) is 2.52. The van der Waals surface area contributed by atoms with Gasteiger partial charge in [-0.1, -0.05) is 36.4 Å². The van der Waals surface area contributed by atoms with Crippen molar-refractivity contribution in [2.45, 2.75) is 0 Å². The average molecular weight is 183 g/mol. The molecule has 0 radical (unpaired) electrons. The van der Waals surface area contributed by atoms with Crippen molar-refractivity contribution in [3.8, 4) is 0 Å².